The van der Waals surface area contributed by atoms with Crippen LogP contribution >= 0.6 is 0 Å². The monoisotopic (exact) mass is 466 g/mol. The van der Waals surface area contributed by atoms with Crippen LogP contribution < -0.4 is 4.74 Å². The van der Waals surface area contributed by atoms with E-state index in [-0.39, 0.29) is 0 Å². The lowest BCUT2D eigenvalue weighted by atomic mass is 9.68. The molecule has 1 aromatic carbocycles. The summed E-state index contributed by atoms with van der Waals surface area (Å²) in [6.45, 7) is 5.59. The van der Waals surface area contributed by atoms with Gasteiger partial charge in [-0.1, -0.05) is 90.2 Å². The van der Waals surface area contributed by atoms with Crippen LogP contribution in [0.2, 0.25) is 0 Å². The Labute approximate surface area is 211 Å². The van der Waals surface area contributed by atoms with E-state index in [1.54, 1.807) is 5.56 Å². The first-order valence-electron chi connectivity index (χ1n) is 15.5. The Morgan fingerprint density at radius 2 is 1.15 bits per heavy atom. The number of hydrogen-bond acceptors (Lipinski definition) is 1. The van der Waals surface area contributed by atoms with Gasteiger partial charge < -0.3 is 4.74 Å². The zero-order valence-corrected chi connectivity index (χ0v) is 22.6. The van der Waals surface area contributed by atoms with Gasteiger partial charge in [-0.25, -0.2) is 0 Å². The molecule has 3 saturated carbocycles. The van der Waals surface area contributed by atoms with Crippen molar-refractivity contribution in [2.24, 2.45) is 29.6 Å². The van der Waals surface area contributed by atoms with E-state index in [4.69, 9.17) is 4.74 Å². The maximum atomic E-state index is 6.24. The summed E-state index contributed by atoms with van der Waals surface area (Å²) in [5, 5.41) is 0. The molecule has 0 saturated heterocycles. The van der Waals surface area contributed by atoms with Crippen molar-refractivity contribution < 1.29 is 4.74 Å². The summed E-state index contributed by atoms with van der Waals surface area (Å²) in [5.74, 6) is 6.74. The molecule has 3 fully saturated rings. The predicted molar refractivity (Wildman–Crippen MR) is 147 cm³/mol. The molecule has 1 aromatic rings. The molecule has 0 unspecified atom stereocenters. The molecule has 34 heavy (non-hydrogen) atoms. The normalized spacial score (nSPS) is 32.4. The van der Waals surface area contributed by atoms with E-state index < -0.39 is 0 Å². The van der Waals surface area contributed by atoms with Gasteiger partial charge in [0.15, 0.2) is 0 Å². The number of rotatable bonds is 11. The first kappa shape index (κ1) is 26.1. The van der Waals surface area contributed by atoms with Crippen LogP contribution in [0.25, 0.3) is 0 Å². The molecule has 4 rings (SSSR count). The fraction of sp³-hybridized carbons (Fsp3) is 0.818. The number of ether oxygens (including phenoxy) is 1. The Balaban J connectivity index is 1.13. The lowest BCUT2D eigenvalue weighted by Crippen LogP contribution is -2.25. The second kappa shape index (κ2) is 13.9. The molecule has 1 heteroatoms. The van der Waals surface area contributed by atoms with Crippen molar-refractivity contribution in [3.63, 3.8) is 0 Å². The summed E-state index contributed by atoms with van der Waals surface area (Å²) in [4.78, 5) is 0. The highest BCUT2D eigenvalue weighted by Crippen LogP contribution is 2.44. The minimum atomic E-state index is 0.773. The van der Waals surface area contributed by atoms with Gasteiger partial charge in [0, 0.05) is 0 Å². The molecular weight excluding hydrogens is 412 g/mol. The van der Waals surface area contributed by atoms with E-state index >= 15 is 0 Å². The van der Waals surface area contributed by atoms with Crippen LogP contribution in [0.3, 0.4) is 0 Å². The molecule has 0 spiro atoms. The Kier molecular flexibility index (Phi) is 10.7. The van der Waals surface area contributed by atoms with Crippen molar-refractivity contribution >= 4 is 0 Å². The molecule has 0 amide bonds. The van der Waals surface area contributed by atoms with Crippen molar-refractivity contribution in [1.82, 2.24) is 0 Å². The van der Waals surface area contributed by atoms with Crippen LogP contribution in [-0.2, 0) is 0 Å². The highest BCUT2D eigenvalue weighted by Gasteiger charge is 2.31. The Morgan fingerprint density at radius 3 is 1.76 bits per heavy atom. The average Bonchev–Trinajstić information content (AvgIpc) is 2.89. The maximum absolute atomic E-state index is 6.24. The number of unbranched alkanes of at least 4 members (excludes halogenated alkanes) is 2. The summed E-state index contributed by atoms with van der Waals surface area (Å²) < 4.78 is 6.24. The first-order chi connectivity index (χ1) is 16.7. The summed E-state index contributed by atoms with van der Waals surface area (Å²) in [5.41, 5.74) is 1.56. The quantitative estimate of drug-likeness (QED) is 0.295. The molecule has 0 aliphatic heterocycles. The molecule has 0 bridgehead atoms. The summed E-state index contributed by atoms with van der Waals surface area (Å²) in [7, 11) is 0. The van der Waals surface area contributed by atoms with E-state index in [0.717, 1.165) is 47.9 Å². The third-order valence-electron chi connectivity index (χ3n) is 10.0. The summed E-state index contributed by atoms with van der Waals surface area (Å²) in [6, 6.07) is 9.27. The fourth-order valence-corrected chi connectivity index (χ4v) is 7.70. The minimum Gasteiger partial charge on any atom is -0.493 e. The van der Waals surface area contributed by atoms with Crippen molar-refractivity contribution in [3.05, 3.63) is 29.8 Å². The first-order valence-corrected chi connectivity index (χ1v) is 15.5. The number of hydrogen-bond donors (Lipinski definition) is 0. The SMILES string of the molecule is CCCCCC1CCC(COc2ccc(C3CCC(C4CCC(CCC)CC4)CC3)cc2)CC1. The Morgan fingerprint density at radius 1 is 0.588 bits per heavy atom. The fourth-order valence-electron chi connectivity index (χ4n) is 7.70. The van der Waals surface area contributed by atoms with Crippen LogP contribution in [-0.4, -0.2) is 6.61 Å². The smallest absolute Gasteiger partial charge is 0.119 e. The van der Waals surface area contributed by atoms with Crippen LogP contribution in [0.1, 0.15) is 141 Å². The average molecular weight is 467 g/mol. The van der Waals surface area contributed by atoms with E-state index in [0.29, 0.717) is 0 Å². The van der Waals surface area contributed by atoms with Gasteiger partial charge in [0.05, 0.1) is 6.61 Å². The molecule has 192 valence electrons. The van der Waals surface area contributed by atoms with Gasteiger partial charge in [-0.2, -0.15) is 0 Å². The zero-order chi connectivity index (χ0) is 23.6. The molecule has 3 aliphatic carbocycles. The van der Waals surface area contributed by atoms with E-state index in [1.165, 1.54) is 116 Å². The van der Waals surface area contributed by atoms with Gasteiger partial charge in [-0.3, -0.25) is 0 Å². The Bertz CT molecular complexity index is 654. The maximum Gasteiger partial charge on any atom is 0.119 e. The Hall–Kier alpha value is -0.980. The van der Waals surface area contributed by atoms with Crippen LogP contribution in [0, 0.1) is 29.6 Å². The van der Waals surface area contributed by atoms with E-state index in [9.17, 15) is 0 Å². The lowest BCUT2D eigenvalue weighted by molar-refractivity contribution is 0.156. The van der Waals surface area contributed by atoms with Crippen molar-refractivity contribution in [1.29, 1.82) is 0 Å². The van der Waals surface area contributed by atoms with Gasteiger partial charge in [0.2, 0.25) is 0 Å². The van der Waals surface area contributed by atoms with Crippen molar-refractivity contribution in [2.45, 2.75) is 135 Å². The molecule has 0 N–H and O–H groups in total. The lowest BCUT2D eigenvalue weighted by Gasteiger charge is -2.38. The van der Waals surface area contributed by atoms with Crippen LogP contribution in [0.5, 0.6) is 5.75 Å². The molecule has 0 atom stereocenters. The van der Waals surface area contributed by atoms with Gasteiger partial charge in [-0.05, 0) is 105 Å². The molecule has 1 nitrogen and oxygen atoms in total. The second-order valence-corrected chi connectivity index (χ2v) is 12.4. The second-order valence-electron chi connectivity index (χ2n) is 12.4. The third kappa shape index (κ3) is 7.76. The largest absolute Gasteiger partial charge is 0.493 e. The number of benzene rings is 1. The van der Waals surface area contributed by atoms with Crippen molar-refractivity contribution in [3.8, 4) is 5.75 Å². The molecule has 0 heterocycles. The molecular formula is C33H54O. The van der Waals surface area contributed by atoms with Gasteiger partial charge in [-0.15, -0.1) is 0 Å². The summed E-state index contributed by atoms with van der Waals surface area (Å²) in [6.07, 6.45) is 25.9. The molecule has 3 aliphatic rings. The van der Waals surface area contributed by atoms with Crippen LogP contribution in [0.4, 0.5) is 0 Å². The topological polar surface area (TPSA) is 9.23 Å². The van der Waals surface area contributed by atoms with Crippen LogP contribution in [0.15, 0.2) is 24.3 Å². The van der Waals surface area contributed by atoms with Gasteiger partial charge in [0.25, 0.3) is 0 Å². The van der Waals surface area contributed by atoms with Gasteiger partial charge in [0.1, 0.15) is 5.75 Å². The van der Waals surface area contributed by atoms with E-state index in [2.05, 4.69) is 38.1 Å². The molecule has 0 aromatic heterocycles. The summed E-state index contributed by atoms with van der Waals surface area (Å²) >= 11 is 0. The highest BCUT2D eigenvalue weighted by molar-refractivity contribution is 5.29. The standard InChI is InChI=1S/C33H54O/c1-3-5-6-8-27-9-11-28(12-10-27)25-34-33-23-21-32(22-24-33)31-19-17-30(18-20-31)29-15-13-26(7-4-2)14-16-29/h21-24,26-31H,3-20,25H2,1-2H3. The van der Waals surface area contributed by atoms with E-state index in [1.807, 2.05) is 0 Å². The predicted octanol–water partition coefficient (Wildman–Crippen LogP) is 10.3. The highest BCUT2D eigenvalue weighted by atomic mass is 16.5. The van der Waals surface area contributed by atoms with Crippen molar-refractivity contribution in [2.75, 3.05) is 6.61 Å². The molecule has 0 radical (unpaired) electrons. The minimum absolute atomic E-state index is 0.773. The zero-order valence-electron chi connectivity index (χ0n) is 22.6. The van der Waals surface area contributed by atoms with Gasteiger partial charge >= 0.3 is 0 Å². The third-order valence-corrected chi connectivity index (χ3v) is 10.0.